The topological polar surface area (TPSA) is 76.4 Å². The lowest BCUT2D eigenvalue weighted by molar-refractivity contribution is -0.384. The van der Waals surface area contributed by atoms with Gasteiger partial charge in [0.15, 0.2) is 0 Å². The Morgan fingerprint density at radius 2 is 2.26 bits per heavy atom. The number of rotatable bonds is 4. The number of anilines is 1. The molecule has 6 nitrogen and oxygen atoms in total. The van der Waals surface area contributed by atoms with Crippen molar-refractivity contribution in [1.82, 2.24) is 5.32 Å². The molecule has 6 heteroatoms. The van der Waals surface area contributed by atoms with Crippen LogP contribution in [-0.4, -0.2) is 30.7 Å². The van der Waals surface area contributed by atoms with Crippen molar-refractivity contribution in [1.29, 1.82) is 0 Å². The van der Waals surface area contributed by atoms with Crippen molar-refractivity contribution in [2.75, 3.05) is 19.0 Å². The van der Waals surface area contributed by atoms with Crippen LogP contribution in [0.25, 0.3) is 0 Å². The van der Waals surface area contributed by atoms with Crippen LogP contribution in [0.2, 0.25) is 0 Å². The van der Waals surface area contributed by atoms with Gasteiger partial charge in [-0.25, -0.2) is 0 Å². The van der Waals surface area contributed by atoms with Gasteiger partial charge in [-0.1, -0.05) is 0 Å². The van der Waals surface area contributed by atoms with Crippen molar-refractivity contribution >= 4 is 11.4 Å². The van der Waals surface area contributed by atoms with Crippen molar-refractivity contribution in [3.8, 4) is 5.75 Å². The first-order chi connectivity index (χ1) is 9.08. The van der Waals surface area contributed by atoms with E-state index in [9.17, 15) is 10.1 Å². The Labute approximate surface area is 112 Å². The first-order valence-electron chi connectivity index (χ1n) is 6.42. The van der Waals surface area contributed by atoms with Crippen molar-refractivity contribution in [3.05, 3.63) is 28.3 Å². The molecule has 1 aliphatic rings. The largest absolute Gasteiger partial charge is 0.496 e. The van der Waals surface area contributed by atoms with Gasteiger partial charge in [0.25, 0.3) is 5.69 Å². The highest BCUT2D eigenvalue weighted by atomic mass is 16.6. The zero-order chi connectivity index (χ0) is 13.8. The highest BCUT2D eigenvalue weighted by molar-refractivity contribution is 5.56. The van der Waals surface area contributed by atoms with E-state index in [1.54, 1.807) is 12.1 Å². The van der Waals surface area contributed by atoms with Gasteiger partial charge in [0.2, 0.25) is 0 Å². The van der Waals surface area contributed by atoms with E-state index in [4.69, 9.17) is 4.74 Å². The second-order valence-electron chi connectivity index (χ2n) is 4.90. The standard InChI is InChI=1S/C13H19N3O3/c1-9-5-10(3-4-14-9)15-11-6-12(16(17)18)8-13(7-11)19-2/h6-10,14-15H,3-5H2,1-2H3. The molecule has 1 aromatic carbocycles. The van der Waals surface area contributed by atoms with Gasteiger partial charge in [-0.3, -0.25) is 10.1 Å². The highest BCUT2D eigenvalue weighted by Gasteiger charge is 2.19. The molecular weight excluding hydrogens is 246 g/mol. The van der Waals surface area contributed by atoms with E-state index < -0.39 is 4.92 Å². The monoisotopic (exact) mass is 265 g/mol. The average Bonchev–Trinajstić information content (AvgIpc) is 2.38. The maximum Gasteiger partial charge on any atom is 0.275 e. The molecule has 0 aliphatic carbocycles. The summed E-state index contributed by atoms with van der Waals surface area (Å²) in [5, 5.41) is 17.6. The van der Waals surface area contributed by atoms with E-state index in [-0.39, 0.29) is 5.69 Å². The van der Waals surface area contributed by atoms with Crippen LogP contribution in [0.3, 0.4) is 0 Å². The fourth-order valence-electron chi connectivity index (χ4n) is 2.39. The summed E-state index contributed by atoms with van der Waals surface area (Å²) < 4.78 is 5.10. The molecule has 1 aliphatic heterocycles. The number of hydrogen-bond acceptors (Lipinski definition) is 5. The summed E-state index contributed by atoms with van der Waals surface area (Å²) in [5.74, 6) is 0.499. The van der Waals surface area contributed by atoms with Gasteiger partial charge in [0.05, 0.1) is 18.1 Å². The first kappa shape index (κ1) is 13.6. The first-order valence-corrected chi connectivity index (χ1v) is 6.42. The second kappa shape index (κ2) is 5.88. The van der Waals surface area contributed by atoms with E-state index in [1.165, 1.54) is 13.2 Å². The third-order valence-corrected chi connectivity index (χ3v) is 3.33. The molecule has 0 amide bonds. The number of non-ortho nitro benzene ring substituents is 1. The molecule has 0 spiro atoms. The molecule has 1 fully saturated rings. The number of methoxy groups -OCH3 is 1. The van der Waals surface area contributed by atoms with Crippen LogP contribution in [0.5, 0.6) is 5.75 Å². The van der Waals surface area contributed by atoms with Gasteiger partial charge in [-0.15, -0.1) is 0 Å². The Kier molecular flexibility index (Phi) is 4.21. The average molecular weight is 265 g/mol. The molecular formula is C13H19N3O3. The minimum absolute atomic E-state index is 0.0452. The summed E-state index contributed by atoms with van der Waals surface area (Å²) in [4.78, 5) is 10.5. The lowest BCUT2D eigenvalue weighted by atomic mass is 10.0. The highest BCUT2D eigenvalue weighted by Crippen LogP contribution is 2.27. The summed E-state index contributed by atoms with van der Waals surface area (Å²) in [6.45, 7) is 3.10. The van der Waals surface area contributed by atoms with Gasteiger partial charge < -0.3 is 15.4 Å². The van der Waals surface area contributed by atoms with E-state index in [0.717, 1.165) is 25.1 Å². The summed E-state index contributed by atoms with van der Waals surface area (Å²) in [7, 11) is 1.51. The van der Waals surface area contributed by atoms with Crippen LogP contribution in [0.1, 0.15) is 19.8 Å². The van der Waals surface area contributed by atoms with Gasteiger partial charge >= 0.3 is 0 Å². The molecule has 1 heterocycles. The van der Waals surface area contributed by atoms with Crippen LogP contribution in [0.15, 0.2) is 18.2 Å². The third-order valence-electron chi connectivity index (χ3n) is 3.33. The molecule has 0 saturated carbocycles. The summed E-state index contributed by atoms with van der Waals surface area (Å²) in [6.07, 6.45) is 2.01. The number of piperidine rings is 1. The molecule has 0 bridgehead atoms. The zero-order valence-corrected chi connectivity index (χ0v) is 11.2. The number of nitrogens with zero attached hydrogens (tertiary/aromatic N) is 1. The maximum atomic E-state index is 10.9. The van der Waals surface area contributed by atoms with E-state index in [2.05, 4.69) is 17.6 Å². The summed E-state index contributed by atoms with van der Waals surface area (Å²) in [6, 6.07) is 5.57. The Bertz CT molecular complexity index is 464. The van der Waals surface area contributed by atoms with Crippen molar-refractivity contribution in [2.45, 2.75) is 31.8 Å². The molecule has 19 heavy (non-hydrogen) atoms. The fraction of sp³-hybridized carbons (Fsp3) is 0.538. The lowest BCUT2D eigenvalue weighted by Gasteiger charge is -2.29. The number of ether oxygens (including phenoxy) is 1. The van der Waals surface area contributed by atoms with Crippen LogP contribution < -0.4 is 15.4 Å². The predicted molar refractivity (Wildman–Crippen MR) is 73.8 cm³/mol. The molecule has 2 rings (SSSR count). The second-order valence-corrected chi connectivity index (χ2v) is 4.90. The van der Waals surface area contributed by atoms with Crippen LogP contribution in [0, 0.1) is 10.1 Å². The van der Waals surface area contributed by atoms with Crippen LogP contribution in [0.4, 0.5) is 11.4 Å². The SMILES string of the molecule is COc1cc(NC2CCNC(C)C2)cc([N+](=O)[O-])c1. The van der Waals surface area contributed by atoms with Gasteiger partial charge in [-0.05, 0) is 26.3 Å². The molecule has 2 N–H and O–H groups in total. The molecule has 104 valence electrons. The van der Waals surface area contributed by atoms with E-state index in [0.29, 0.717) is 17.8 Å². The fourth-order valence-corrected chi connectivity index (χ4v) is 2.39. The Balaban J connectivity index is 2.14. The third kappa shape index (κ3) is 3.57. The molecule has 2 atom stereocenters. The lowest BCUT2D eigenvalue weighted by Crippen LogP contribution is -2.41. The predicted octanol–water partition coefficient (Wildman–Crippen LogP) is 2.16. The van der Waals surface area contributed by atoms with Crippen molar-refractivity contribution in [3.63, 3.8) is 0 Å². The number of hydrogen-bond donors (Lipinski definition) is 2. The van der Waals surface area contributed by atoms with Crippen molar-refractivity contribution in [2.24, 2.45) is 0 Å². The molecule has 2 unspecified atom stereocenters. The number of nitrogens with one attached hydrogen (secondary N) is 2. The molecule has 1 aromatic rings. The Morgan fingerprint density at radius 3 is 2.89 bits per heavy atom. The van der Waals surface area contributed by atoms with E-state index in [1.807, 2.05) is 0 Å². The van der Waals surface area contributed by atoms with E-state index >= 15 is 0 Å². The van der Waals surface area contributed by atoms with Gasteiger partial charge in [0.1, 0.15) is 5.75 Å². The van der Waals surface area contributed by atoms with Gasteiger partial charge in [0, 0.05) is 29.9 Å². The molecule has 0 radical (unpaired) electrons. The Morgan fingerprint density at radius 1 is 1.47 bits per heavy atom. The zero-order valence-electron chi connectivity index (χ0n) is 11.2. The summed E-state index contributed by atoms with van der Waals surface area (Å²) in [5.41, 5.74) is 0.786. The smallest absolute Gasteiger partial charge is 0.275 e. The quantitative estimate of drug-likeness (QED) is 0.644. The summed E-state index contributed by atoms with van der Waals surface area (Å²) >= 11 is 0. The number of nitro groups is 1. The minimum atomic E-state index is -0.404. The van der Waals surface area contributed by atoms with Crippen molar-refractivity contribution < 1.29 is 9.66 Å². The molecule has 0 aromatic heterocycles. The number of nitro benzene ring substituents is 1. The maximum absolute atomic E-state index is 10.9. The normalized spacial score (nSPS) is 22.8. The van der Waals surface area contributed by atoms with Gasteiger partial charge in [-0.2, -0.15) is 0 Å². The Hall–Kier alpha value is -1.82. The number of benzene rings is 1. The molecule has 1 saturated heterocycles. The van der Waals surface area contributed by atoms with Crippen LogP contribution >= 0.6 is 0 Å². The minimum Gasteiger partial charge on any atom is -0.496 e. The van der Waals surface area contributed by atoms with Crippen LogP contribution in [-0.2, 0) is 0 Å².